The van der Waals surface area contributed by atoms with Gasteiger partial charge in [-0.05, 0) is 31.2 Å². The molecule has 0 aliphatic rings. The van der Waals surface area contributed by atoms with Gasteiger partial charge in [0.15, 0.2) is 5.76 Å². The van der Waals surface area contributed by atoms with Crippen LogP contribution in [0.2, 0.25) is 4.34 Å². The molecule has 17 heavy (non-hydrogen) atoms. The standard InChI is InChI=1S/C11H9ClN2O2S/c1-7-2-4-9(16-7)11(15)14-13-6-8-3-5-10(12)17-8/h2-6H,1H3,(H,14,15). The maximum Gasteiger partial charge on any atom is 0.307 e. The van der Waals surface area contributed by atoms with E-state index in [4.69, 9.17) is 16.0 Å². The molecular formula is C11H9ClN2O2S. The molecule has 88 valence electrons. The van der Waals surface area contributed by atoms with E-state index in [9.17, 15) is 4.79 Å². The number of hydrazone groups is 1. The van der Waals surface area contributed by atoms with Gasteiger partial charge in [0.05, 0.1) is 10.6 Å². The Kier molecular flexibility index (Phi) is 3.61. The van der Waals surface area contributed by atoms with Crippen LogP contribution in [0, 0.1) is 6.92 Å². The van der Waals surface area contributed by atoms with Crippen molar-refractivity contribution in [3.8, 4) is 0 Å². The van der Waals surface area contributed by atoms with Crippen molar-refractivity contribution in [3.63, 3.8) is 0 Å². The van der Waals surface area contributed by atoms with Crippen molar-refractivity contribution in [1.29, 1.82) is 0 Å². The summed E-state index contributed by atoms with van der Waals surface area (Å²) in [4.78, 5) is 12.4. The Hall–Kier alpha value is -1.59. The van der Waals surface area contributed by atoms with E-state index in [2.05, 4.69) is 10.5 Å². The summed E-state index contributed by atoms with van der Waals surface area (Å²) in [6.07, 6.45) is 1.53. The molecular weight excluding hydrogens is 260 g/mol. The zero-order valence-electron chi connectivity index (χ0n) is 8.94. The summed E-state index contributed by atoms with van der Waals surface area (Å²) < 4.78 is 5.83. The molecule has 0 saturated carbocycles. The summed E-state index contributed by atoms with van der Waals surface area (Å²) in [5.41, 5.74) is 2.37. The topological polar surface area (TPSA) is 54.6 Å². The average Bonchev–Trinajstić information content (AvgIpc) is 2.88. The Labute approximate surface area is 107 Å². The lowest BCUT2D eigenvalue weighted by Crippen LogP contribution is -2.16. The number of carbonyl (C=O) groups excluding carboxylic acids is 1. The van der Waals surface area contributed by atoms with Crippen LogP contribution >= 0.6 is 22.9 Å². The highest BCUT2D eigenvalue weighted by Gasteiger charge is 2.07. The van der Waals surface area contributed by atoms with Crippen molar-refractivity contribution < 1.29 is 9.21 Å². The number of carbonyl (C=O) groups is 1. The fraction of sp³-hybridized carbons (Fsp3) is 0.0909. The summed E-state index contributed by atoms with van der Waals surface area (Å²) in [6, 6.07) is 6.91. The monoisotopic (exact) mass is 268 g/mol. The SMILES string of the molecule is Cc1ccc(C(=O)NN=Cc2ccc(Cl)s2)o1. The van der Waals surface area contributed by atoms with Crippen LogP contribution in [0.4, 0.5) is 0 Å². The Morgan fingerprint density at radius 2 is 2.29 bits per heavy atom. The predicted octanol–water partition coefficient (Wildman–Crippen LogP) is 3.07. The number of hydrogen-bond acceptors (Lipinski definition) is 4. The molecule has 1 amide bonds. The molecule has 0 fully saturated rings. The molecule has 0 aliphatic heterocycles. The van der Waals surface area contributed by atoms with Crippen molar-refractivity contribution in [2.45, 2.75) is 6.92 Å². The Bertz CT molecular complexity index is 559. The zero-order chi connectivity index (χ0) is 12.3. The lowest BCUT2D eigenvalue weighted by Gasteiger charge is -1.94. The number of halogens is 1. The number of nitrogens with zero attached hydrogens (tertiary/aromatic N) is 1. The fourth-order valence-electron chi connectivity index (χ4n) is 1.16. The molecule has 2 heterocycles. The third-order valence-corrected chi connectivity index (χ3v) is 3.08. The first-order valence-corrected chi connectivity index (χ1v) is 6.00. The maximum absolute atomic E-state index is 11.5. The summed E-state index contributed by atoms with van der Waals surface area (Å²) in [7, 11) is 0. The molecule has 2 aromatic rings. The highest BCUT2D eigenvalue weighted by atomic mass is 35.5. The molecule has 1 N–H and O–H groups in total. The number of rotatable bonds is 3. The van der Waals surface area contributed by atoms with Gasteiger partial charge in [0.25, 0.3) is 0 Å². The molecule has 0 saturated heterocycles. The van der Waals surface area contributed by atoms with Gasteiger partial charge in [-0.3, -0.25) is 4.79 Å². The first-order valence-electron chi connectivity index (χ1n) is 4.80. The van der Waals surface area contributed by atoms with E-state index in [-0.39, 0.29) is 11.7 Å². The second-order valence-electron chi connectivity index (χ2n) is 3.25. The normalized spacial score (nSPS) is 10.9. The van der Waals surface area contributed by atoms with Crippen LogP contribution < -0.4 is 5.43 Å². The highest BCUT2D eigenvalue weighted by molar-refractivity contribution is 7.17. The minimum absolute atomic E-state index is 0.240. The lowest BCUT2D eigenvalue weighted by atomic mass is 10.4. The van der Waals surface area contributed by atoms with Crippen molar-refractivity contribution in [2.75, 3.05) is 0 Å². The molecule has 2 aromatic heterocycles. The molecule has 0 bridgehead atoms. The van der Waals surface area contributed by atoms with Gasteiger partial charge in [-0.1, -0.05) is 11.6 Å². The predicted molar refractivity (Wildman–Crippen MR) is 67.8 cm³/mol. The molecule has 4 nitrogen and oxygen atoms in total. The van der Waals surface area contributed by atoms with Gasteiger partial charge in [0.2, 0.25) is 0 Å². The number of amides is 1. The van der Waals surface area contributed by atoms with E-state index in [1.165, 1.54) is 17.6 Å². The molecule has 0 spiro atoms. The minimum atomic E-state index is -0.378. The van der Waals surface area contributed by atoms with E-state index in [0.29, 0.717) is 10.1 Å². The molecule has 6 heteroatoms. The summed E-state index contributed by atoms with van der Waals surface area (Å²) in [5.74, 6) is 0.546. The molecule has 0 aromatic carbocycles. The minimum Gasteiger partial charge on any atom is -0.456 e. The summed E-state index contributed by atoms with van der Waals surface area (Å²) in [6.45, 7) is 1.77. The molecule has 0 radical (unpaired) electrons. The Balaban J connectivity index is 1.94. The van der Waals surface area contributed by atoms with E-state index in [0.717, 1.165) is 4.88 Å². The van der Waals surface area contributed by atoms with Crippen molar-refractivity contribution in [3.05, 3.63) is 45.0 Å². The van der Waals surface area contributed by atoms with E-state index >= 15 is 0 Å². The maximum atomic E-state index is 11.5. The molecule has 0 atom stereocenters. The van der Waals surface area contributed by atoms with Gasteiger partial charge >= 0.3 is 5.91 Å². The van der Waals surface area contributed by atoms with Crippen LogP contribution in [0.1, 0.15) is 21.2 Å². The van der Waals surface area contributed by atoms with Crippen LogP contribution in [0.15, 0.2) is 33.8 Å². The van der Waals surface area contributed by atoms with Gasteiger partial charge < -0.3 is 4.42 Å². The molecule has 0 unspecified atom stereocenters. The van der Waals surface area contributed by atoms with Crippen LogP contribution in [0.3, 0.4) is 0 Å². The summed E-state index contributed by atoms with van der Waals surface area (Å²) >= 11 is 7.14. The third-order valence-electron chi connectivity index (χ3n) is 1.92. The molecule has 0 aliphatic carbocycles. The highest BCUT2D eigenvalue weighted by Crippen LogP contribution is 2.19. The van der Waals surface area contributed by atoms with Crippen LogP contribution in [0.25, 0.3) is 0 Å². The Morgan fingerprint density at radius 1 is 1.47 bits per heavy atom. The number of nitrogens with one attached hydrogen (secondary N) is 1. The quantitative estimate of drug-likeness (QED) is 0.687. The fourth-order valence-corrected chi connectivity index (χ4v) is 2.10. The van der Waals surface area contributed by atoms with Gasteiger partial charge in [0, 0.05) is 4.88 Å². The van der Waals surface area contributed by atoms with E-state index < -0.39 is 0 Å². The first-order chi connectivity index (χ1) is 8.15. The number of hydrogen-bond donors (Lipinski definition) is 1. The number of thiophene rings is 1. The van der Waals surface area contributed by atoms with E-state index in [1.54, 1.807) is 25.1 Å². The van der Waals surface area contributed by atoms with Gasteiger partial charge in [-0.15, -0.1) is 11.3 Å². The van der Waals surface area contributed by atoms with Crippen molar-refractivity contribution in [2.24, 2.45) is 5.10 Å². The van der Waals surface area contributed by atoms with Gasteiger partial charge in [0.1, 0.15) is 5.76 Å². The van der Waals surface area contributed by atoms with Crippen LogP contribution in [0.5, 0.6) is 0 Å². The number of furan rings is 1. The van der Waals surface area contributed by atoms with Gasteiger partial charge in [-0.2, -0.15) is 5.10 Å². The smallest absolute Gasteiger partial charge is 0.307 e. The third kappa shape index (κ3) is 3.18. The van der Waals surface area contributed by atoms with Crippen LogP contribution in [-0.2, 0) is 0 Å². The Morgan fingerprint density at radius 3 is 2.88 bits per heavy atom. The van der Waals surface area contributed by atoms with Gasteiger partial charge in [-0.25, -0.2) is 5.43 Å². The zero-order valence-corrected chi connectivity index (χ0v) is 10.5. The second kappa shape index (κ2) is 5.16. The first kappa shape index (κ1) is 11.9. The summed E-state index contributed by atoms with van der Waals surface area (Å²) in [5, 5.41) is 3.81. The largest absolute Gasteiger partial charge is 0.456 e. The number of aryl methyl sites for hydroxylation is 1. The van der Waals surface area contributed by atoms with Crippen molar-refractivity contribution in [1.82, 2.24) is 5.43 Å². The molecule has 2 rings (SSSR count). The average molecular weight is 269 g/mol. The van der Waals surface area contributed by atoms with Crippen molar-refractivity contribution >= 4 is 35.1 Å². The lowest BCUT2D eigenvalue weighted by molar-refractivity contribution is 0.0926. The van der Waals surface area contributed by atoms with Crippen LogP contribution in [-0.4, -0.2) is 12.1 Å². The van der Waals surface area contributed by atoms with E-state index in [1.807, 2.05) is 6.07 Å². The second-order valence-corrected chi connectivity index (χ2v) is 5.00.